The van der Waals surface area contributed by atoms with Gasteiger partial charge in [0.25, 0.3) is 5.91 Å². The minimum Gasteiger partial charge on any atom is -0.490 e. The van der Waals surface area contributed by atoms with Gasteiger partial charge in [-0.25, -0.2) is 13.1 Å². The van der Waals surface area contributed by atoms with Crippen molar-refractivity contribution in [1.29, 1.82) is 0 Å². The standard InChI is InChI=1S/C32H40N2O6S/c1-23(31(36)26-8-4-2-5-9-26)33-19-18-24-12-14-25(15-13-24)27-16-17-29(32(37)34-41(38,39)21-20-35)30(22-27)40-28-10-6-3-7-11-28/h2,4-5,8-9,12-17,22-23,28,31,33,35-36H,3,6-7,10-11,18-21H2,1H3,(H,34,37)/t23-,31-/m0/s1. The Morgan fingerprint density at radius 2 is 1.66 bits per heavy atom. The second-order valence-electron chi connectivity index (χ2n) is 10.6. The first kappa shape index (κ1) is 30.7. The van der Waals surface area contributed by atoms with E-state index in [4.69, 9.17) is 9.84 Å². The van der Waals surface area contributed by atoms with Crippen LogP contribution in [0, 0.1) is 0 Å². The number of benzene rings is 3. The van der Waals surface area contributed by atoms with Crippen LogP contribution < -0.4 is 14.8 Å². The number of carbonyl (C=O) groups is 1. The Labute approximate surface area is 242 Å². The van der Waals surface area contributed by atoms with E-state index in [1.54, 1.807) is 18.2 Å². The predicted molar refractivity (Wildman–Crippen MR) is 160 cm³/mol. The molecule has 4 N–H and O–H groups in total. The summed E-state index contributed by atoms with van der Waals surface area (Å²) in [6, 6.07) is 22.8. The van der Waals surface area contributed by atoms with E-state index in [0.717, 1.165) is 60.8 Å². The van der Waals surface area contributed by atoms with Gasteiger partial charge < -0.3 is 20.3 Å². The number of nitrogens with one attached hydrogen (secondary N) is 2. The molecule has 4 rings (SSSR count). The second-order valence-corrected chi connectivity index (χ2v) is 12.4. The van der Waals surface area contributed by atoms with Crippen LogP contribution in [0.5, 0.6) is 5.75 Å². The maximum atomic E-state index is 12.9. The van der Waals surface area contributed by atoms with Crippen molar-refractivity contribution in [3.63, 3.8) is 0 Å². The molecule has 0 unspecified atom stereocenters. The van der Waals surface area contributed by atoms with E-state index in [-0.39, 0.29) is 17.7 Å². The van der Waals surface area contributed by atoms with E-state index in [1.165, 1.54) is 0 Å². The van der Waals surface area contributed by atoms with Gasteiger partial charge in [-0.15, -0.1) is 0 Å². The second kappa shape index (κ2) is 14.6. The first-order valence-electron chi connectivity index (χ1n) is 14.3. The molecule has 3 aromatic rings. The zero-order chi connectivity index (χ0) is 29.2. The molecule has 0 bridgehead atoms. The zero-order valence-electron chi connectivity index (χ0n) is 23.5. The maximum absolute atomic E-state index is 12.9. The van der Waals surface area contributed by atoms with Crippen LogP contribution in [0.25, 0.3) is 11.1 Å². The van der Waals surface area contributed by atoms with Crippen LogP contribution in [0.1, 0.15) is 66.6 Å². The lowest BCUT2D eigenvalue weighted by molar-refractivity contribution is 0.0969. The van der Waals surface area contributed by atoms with Crippen LogP contribution in [0.4, 0.5) is 0 Å². The quantitative estimate of drug-likeness (QED) is 0.237. The maximum Gasteiger partial charge on any atom is 0.268 e. The van der Waals surface area contributed by atoms with Gasteiger partial charge in [0, 0.05) is 6.04 Å². The Hall–Kier alpha value is -3.24. The fourth-order valence-electron chi connectivity index (χ4n) is 5.08. The molecule has 0 spiro atoms. The molecule has 3 aromatic carbocycles. The molecule has 2 atom stereocenters. The minimum absolute atomic E-state index is 0.0303. The Morgan fingerprint density at radius 3 is 2.34 bits per heavy atom. The molecule has 1 amide bonds. The molecule has 1 aliphatic rings. The summed E-state index contributed by atoms with van der Waals surface area (Å²) in [7, 11) is -3.95. The third kappa shape index (κ3) is 8.87. The van der Waals surface area contributed by atoms with Crippen LogP contribution in [0.2, 0.25) is 0 Å². The van der Waals surface area contributed by atoms with Crippen LogP contribution in [0.15, 0.2) is 72.8 Å². The lowest BCUT2D eigenvalue weighted by atomic mass is 9.97. The van der Waals surface area contributed by atoms with Gasteiger partial charge in [0.05, 0.1) is 30.1 Å². The molecule has 0 aliphatic heterocycles. The number of hydrogen-bond donors (Lipinski definition) is 4. The molecule has 0 aromatic heterocycles. The topological polar surface area (TPSA) is 125 Å². The van der Waals surface area contributed by atoms with Crippen LogP contribution in [-0.2, 0) is 16.4 Å². The summed E-state index contributed by atoms with van der Waals surface area (Å²) in [6.45, 7) is 2.11. The smallest absolute Gasteiger partial charge is 0.268 e. The fraction of sp³-hybridized carbons (Fsp3) is 0.406. The van der Waals surface area contributed by atoms with Crippen molar-refractivity contribution in [2.24, 2.45) is 0 Å². The largest absolute Gasteiger partial charge is 0.490 e. The minimum atomic E-state index is -3.95. The molecule has 220 valence electrons. The molecule has 41 heavy (non-hydrogen) atoms. The highest BCUT2D eigenvalue weighted by molar-refractivity contribution is 7.90. The van der Waals surface area contributed by atoms with E-state index in [2.05, 4.69) is 17.4 Å². The molecule has 0 saturated heterocycles. The fourth-order valence-corrected chi connectivity index (χ4v) is 5.81. The Morgan fingerprint density at radius 1 is 0.976 bits per heavy atom. The van der Waals surface area contributed by atoms with E-state index < -0.39 is 34.4 Å². The Balaban J connectivity index is 1.44. The summed E-state index contributed by atoms with van der Waals surface area (Å²) in [4.78, 5) is 12.9. The number of hydrogen-bond acceptors (Lipinski definition) is 7. The zero-order valence-corrected chi connectivity index (χ0v) is 24.3. The SMILES string of the molecule is C[C@H](NCCc1ccc(-c2ccc(C(=O)NS(=O)(=O)CCO)c(OC3CCCCC3)c2)cc1)[C@H](O)c1ccccc1. The van der Waals surface area contributed by atoms with Crippen molar-refractivity contribution in [2.75, 3.05) is 18.9 Å². The van der Waals surface area contributed by atoms with E-state index in [9.17, 15) is 18.3 Å². The van der Waals surface area contributed by atoms with Gasteiger partial charge in [-0.3, -0.25) is 4.79 Å². The first-order valence-corrected chi connectivity index (χ1v) is 15.9. The number of sulfonamides is 1. The van der Waals surface area contributed by atoms with Crippen molar-refractivity contribution in [3.8, 4) is 16.9 Å². The molecule has 0 radical (unpaired) electrons. The predicted octanol–water partition coefficient (Wildman–Crippen LogP) is 4.37. The summed E-state index contributed by atoms with van der Waals surface area (Å²) >= 11 is 0. The van der Waals surface area contributed by atoms with Crippen molar-refractivity contribution < 1.29 is 28.2 Å². The van der Waals surface area contributed by atoms with Gasteiger partial charge in [0.15, 0.2) is 0 Å². The van der Waals surface area contributed by atoms with Gasteiger partial charge in [-0.05, 0) is 80.0 Å². The Bertz CT molecular complexity index is 1370. The molecule has 1 fully saturated rings. The summed E-state index contributed by atoms with van der Waals surface area (Å²) in [5.74, 6) is -0.972. The summed E-state index contributed by atoms with van der Waals surface area (Å²) in [5, 5.41) is 23.0. The number of aliphatic hydroxyl groups excluding tert-OH is 2. The first-order chi connectivity index (χ1) is 19.8. The van der Waals surface area contributed by atoms with Crippen LogP contribution in [0.3, 0.4) is 0 Å². The number of ether oxygens (including phenoxy) is 1. The molecular weight excluding hydrogens is 540 g/mol. The highest BCUT2D eigenvalue weighted by atomic mass is 32.2. The lowest BCUT2D eigenvalue weighted by Crippen LogP contribution is -2.34. The average molecular weight is 581 g/mol. The summed E-state index contributed by atoms with van der Waals surface area (Å²) < 4.78 is 32.5. The van der Waals surface area contributed by atoms with E-state index in [0.29, 0.717) is 12.3 Å². The summed E-state index contributed by atoms with van der Waals surface area (Å²) in [6.07, 6.45) is 5.22. The van der Waals surface area contributed by atoms with Crippen molar-refractivity contribution >= 4 is 15.9 Å². The van der Waals surface area contributed by atoms with Gasteiger partial charge in [0.1, 0.15) is 5.75 Å². The molecular formula is C32H40N2O6S. The monoisotopic (exact) mass is 580 g/mol. The lowest BCUT2D eigenvalue weighted by Gasteiger charge is -2.24. The third-order valence-electron chi connectivity index (χ3n) is 7.46. The van der Waals surface area contributed by atoms with Crippen molar-refractivity contribution in [1.82, 2.24) is 10.0 Å². The van der Waals surface area contributed by atoms with Crippen LogP contribution in [-0.4, -0.2) is 55.6 Å². The normalized spacial score (nSPS) is 15.7. The molecule has 8 nitrogen and oxygen atoms in total. The van der Waals surface area contributed by atoms with Crippen LogP contribution >= 0.6 is 0 Å². The van der Waals surface area contributed by atoms with Crippen molar-refractivity contribution in [3.05, 3.63) is 89.5 Å². The number of aliphatic hydroxyl groups is 2. The number of carbonyl (C=O) groups excluding carboxylic acids is 1. The highest BCUT2D eigenvalue weighted by Gasteiger charge is 2.23. The molecule has 9 heteroatoms. The van der Waals surface area contributed by atoms with Gasteiger partial charge in [-0.2, -0.15) is 0 Å². The highest BCUT2D eigenvalue weighted by Crippen LogP contribution is 2.31. The average Bonchev–Trinajstić information content (AvgIpc) is 2.97. The third-order valence-corrected chi connectivity index (χ3v) is 8.68. The van der Waals surface area contributed by atoms with Crippen molar-refractivity contribution in [2.45, 2.75) is 63.7 Å². The van der Waals surface area contributed by atoms with E-state index >= 15 is 0 Å². The van der Waals surface area contributed by atoms with Gasteiger partial charge >= 0.3 is 0 Å². The summed E-state index contributed by atoms with van der Waals surface area (Å²) in [5.41, 5.74) is 3.98. The van der Waals surface area contributed by atoms with Gasteiger partial charge in [0.2, 0.25) is 10.0 Å². The van der Waals surface area contributed by atoms with Gasteiger partial charge in [-0.1, -0.05) is 67.1 Å². The number of amides is 1. The molecule has 1 aliphatic carbocycles. The molecule has 1 saturated carbocycles. The number of rotatable bonds is 13. The Kier molecular flexibility index (Phi) is 10.9. The molecule has 0 heterocycles. The van der Waals surface area contributed by atoms with E-state index in [1.807, 2.05) is 54.1 Å².